The summed E-state index contributed by atoms with van der Waals surface area (Å²) in [4.78, 5) is 24.9. The third-order valence-corrected chi connectivity index (χ3v) is 3.67. The Labute approximate surface area is 124 Å². The fourth-order valence-corrected chi connectivity index (χ4v) is 2.29. The third-order valence-electron chi connectivity index (χ3n) is 3.67. The summed E-state index contributed by atoms with van der Waals surface area (Å²) in [6.07, 6.45) is 0. The highest BCUT2D eigenvalue weighted by atomic mass is 16.5. The summed E-state index contributed by atoms with van der Waals surface area (Å²) in [5, 5.41) is 5.08. The molecule has 0 unspecified atom stereocenters. The van der Waals surface area contributed by atoms with Crippen LogP contribution in [0.3, 0.4) is 0 Å². The summed E-state index contributed by atoms with van der Waals surface area (Å²) >= 11 is 0. The van der Waals surface area contributed by atoms with Gasteiger partial charge in [0, 0.05) is 6.54 Å². The number of hydrogen-bond donors (Lipinski definition) is 3. The first-order valence-electron chi connectivity index (χ1n) is 7.22. The molecule has 21 heavy (non-hydrogen) atoms. The van der Waals surface area contributed by atoms with E-state index >= 15 is 0 Å². The maximum absolute atomic E-state index is 12.0. The van der Waals surface area contributed by atoms with Crippen molar-refractivity contribution in [1.29, 1.82) is 0 Å². The number of carbonyl (C=O) groups is 2. The number of quaternary nitrogens is 1. The van der Waals surface area contributed by atoms with Crippen molar-refractivity contribution >= 4 is 11.9 Å². The molecule has 0 saturated carbocycles. The van der Waals surface area contributed by atoms with Crippen molar-refractivity contribution in [1.82, 2.24) is 10.6 Å². The van der Waals surface area contributed by atoms with Gasteiger partial charge < -0.3 is 15.0 Å². The second-order valence-electron chi connectivity index (χ2n) is 5.15. The van der Waals surface area contributed by atoms with Gasteiger partial charge in [-0.25, -0.2) is 4.79 Å². The molecule has 1 heterocycles. The molecule has 3 N–H and O–H groups in total. The van der Waals surface area contributed by atoms with E-state index in [4.69, 9.17) is 4.74 Å². The van der Waals surface area contributed by atoms with Gasteiger partial charge in [0.05, 0.1) is 13.2 Å². The van der Waals surface area contributed by atoms with Gasteiger partial charge in [-0.05, 0) is 12.5 Å². The van der Waals surface area contributed by atoms with E-state index in [1.54, 1.807) is 0 Å². The van der Waals surface area contributed by atoms with E-state index in [0.29, 0.717) is 19.8 Å². The first-order valence-corrected chi connectivity index (χ1v) is 7.22. The number of ether oxygens (including phenoxy) is 1. The highest BCUT2D eigenvalue weighted by Crippen LogP contribution is 1.96. The second-order valence-corrected chi connectivity index (χ2v) is 5.15. The molecule has 0 spiro atoms. The van der Waals surface area contributed by atoms with Crippen LogP contribution in [0.15, 0.2) is 30.3 Å². The van der Waals surface area contributed by atoms with Crippen molar-refractivity contribution in [2.45, 2.75) is 19.5 Å². The van der Waals surface area contributed by atoms with E-state index in [9.17, 15) is 9.59 Å². The van der Waals surface area contributed by atoms with Crippen LogP contribution in [-0.4, -0.2) is 44.3 Å². The highest BCUT2D eigenvalue weighted by molar-refractivity contribution is 5.96. The molecule has 0 bridgehead atoms. The fourth-order valence-electron chi connectivity index (χ4n) is 2.29. The number of nitrogens with one attached hydrogen (secondary N) is 3. The van der Waals surface area contributed by atoms with Gasteiger partial charge in [-0.3, -0.25) is 10.1 Å². The third kappa shape index (κ3) is 4.84. The normalized spacial score (nSPS) is 17.0. The van der Waals surface area contributed by atoms with E-state index in [0.717, 1.165) is 23.6 Å². The smallest absolute Gasteiger partial charge is 0.321 e. The zero-order chi connectivity index (χ0) is 15.1. The van der Waals surface area contributed by atoms with Crippen LogP contribution in [0.5, 0.6) is 0 Å². The lowest BCUT2D eigenvalue weighted by molar-refractivity contribution is -0.921. The molecule has 114 valence electrons. The topological polar surface area (TPSA) is 71.9 Å². The second kappa shape index (κ2) is 7.75. The Bertz CT molecular complexity index is 472. The lowest BCUT2D eigenvalue weighted by Crippen LogP contribution is -3.18. The van der Waals surface area contributed by atoms with Crippen molar-refractivity contribution in [2.75, 3.05) is 26.3 Å². The van der Waals surface area contributed by atoms with E-state index in [1.807, 2.05) is 37.3 Å². The minimum absolute atomic E-state index is 0.252. The van der Waals surface area contributed by atoms with Crippen molar-refractivity contribution in [3.63, 3.8) is 0 Å². The SMILES string of the molecule is C[C@H](C(=O)NC(=O)NCc1ccccc1)[NH+]1CCOCC1. The molecule has 1 aliphatic heterocycles. The predicted molar refractivity (Wildman–Crippen MR) is 77.8 cm³/mol. The molecule has 0 aromatic heterocycles. The number of carbonyl (C=O) groups excluding carboxylic acids is 2. The summed E-state index contributed by atoms with van der Waals surface area (Å²) in [7, 11) is 0. The number of benzene rings is 1. The van der Waals surface area contributed by atoms with Gasteiger partial charge in [0.25, 0.3) is 5.91 Å². The molecule has 1 aromatic carbocycles. The van der Waals surface area contributed by atoms with Gasteiger partial charge >= 0.3 is 6.03 Å². The largest absolute Gasteiger partial charge is 0.370 e. The molecule has 6 heteroatoms. The fraction of sp³-hybridized carbons (Fsp3) is 0.467. The predicted octanol–water partition coefficient (Wildman–Crippen LogP) is -0.684. The minimum atomic E-state index is -0.455. The highest BCUT2D eigenvalue weighted by Gasteiger charge is 2.27. The van der Waals surface area contributed by atoms with Gasteiger partial charge in [-0.15, -0.1) is 0 Å². The van der Waals surface area contributed by atoms with E-state index in [-0.39, 0.29) is 11.9 Å². The Balaban J connectivity index is 1.75. The molecule has 0 radical (unpaired) electrons. The van der Waals surface area contributed by atoms with Gasteiger partial charge in [-0.2, -0.15) is 0 Å². The number of rotatable bonds is 4. The van der Waals surface area contributed by atoms with Gasteiger partial charge in [-0.1, -0.05) is 30.3 Å². The molecule has 1 aromatic rings. The Hall–Kier alpha value is -1.92. The molecule has 2 rings (SSSR count). The van der Waals surface area contributed by atoms with Crippen LogP contribution in [0.4, 0.5) is 4.79 Å². The summed E-state index contributed by atoms with van der Waals surface area (Å²) in [6, 6.07) is 8.86. The summed E-state index contributed by atoms with van der Waals surface area (Å²) in [5.41, 5.74) is 0.993. The zero-order valence-electron chi connectivity index (χ0n) is 12.2. The molecule has 0 aliphatic carbocycles. The molecule has 3 amide bonds. The molecule has 1 saturated heterocycles. The summed E-state index contributed by atoms with van der Waals surface area (Å²) < 4.78 is 5.27. The molecule has 1 aliphatic rings. The van der Waals surface area contributed by atoms with E-state index in [1.165, 1.54) is 0 Å². The average Bonchev–Trinajstić information content (AvgIpc) is 2.54. The van der Waals surface area contributed by atoms with Crippen LogP contribution in [-0.2, 0) is 16.1 Å². The van der Waals surface area contributed by atoms with Crippen molar-refractivity contribution in [2.24, 2.45) is 0 Å². The summed E-state index contributed by atoms with van der Waals surface area (Å²) in [5.74, 6) is -0.252. The first kappa shape index (κ1) is 15.5. The number of amides is 3. The maximum Gasteiger partial charge on any atom is 0.321 e. The zero-order valence-corrected chi connectivity index (χ0v) is 12.2. The Morgan fingerprint density at radius 1 is 1.24 bits per heavy atom. The van der Waals surface area contributed by atoms with Gasteiger partial charge in [0.15, 0.2) is 6.04 Å². The Kier molecular flexibility index (Phi) is 5.71. The van der Waals surface area contributed by atoms with Crippen molar-refractivity contribution < 1.29 is 19.2 Å². The average molecular weight is 292 g/mol. The van der Waals surface area contributed by atoms with Crippen LogP contribution in [0.25, 0.3) is 0 Å². The molecule has 1 atom stereocenters. The van der Waals surface area contributed by atoms with Crippen LogP contribution >= 0.6 is 0 Å². The van der Waals surface area contributed by atoms with Gasteiger partial charge in [0.2, 0.25) is 0 Å². The van der Waals surface area contributed by atoms with Crippen LogP contribution in [0.1, 0.15) is 12.5 Å². The van der Waals surface area contributed by atoms with E-state index < -0.39 is 6.03 Å². The molecule has 6 nitrogen and oxygen atoms in total. The first-order chi connectivity index (χ1) is 10.2. The summed E-state index contributed by atoms with van der Waals surface area (Å²) in [6.45, 7) is 5.14. The number of urea groups is 1. The number of hydrogen-bond acceptors (Lipinski definition) is 3. The van der Waals surface area contributed by atoms with Crippen LogP contribution < -0.4 is 15.5 Å². The minimum Gasteiger partial charge on any atom is -0.370 e. The monoisotopic (exact) mass is 292 g/mol. The Morgan fingerprint density at radius 3 is 2.57 bits per heavy atom. The van der Waals surface area contributed by atoms with Crippen LogP contribution in [0, 0.1) is 0 Å². The lowest BCUT2D eigenvalue weighted by Gasteiger charge is -2.28. The molecular weight excluding hydrogens is 270 g/mol. The van der Waals surface area contributed by atoms with E-state index in [2.05, 4.69) is 10.6 Å². The number of morpholine rings is 1. The standard InChI is InChI=1S/C15H21N3O3/c1-12(18-7-9-21-10-8-18)14(19)17-15(20)16-11-13-5-3-2-4-6-13/h2-6,12H,7-11H2,1H3,(H2,16,17,19,20)/p+1/t12-/m1/s1. The van der Waals surface area contributed by atoms with Gasteiger partial charge in [0.1, 0.15) is 13.1 Å². The molecule has 1 fully saturated rings. The number of imide groups is 1. The van der Waals surface area contributed by atoms with Crippen molar-refractivity contribution in [3.05, 3.63) is 35.9 Å². The van der Waals surface area contributed by atoms with Crippen LogP contribution in [0.2, 0.25) is 0 Å². The maximum atomic E-state index is 12.0. The quantitative estimate of drug-likeness (QED) is 0.688. The lowest BCUT2D eigenvalue weighted by atomic mass is 10.2. The molecular formula is C15H22N3O3+. The Morgan fingerprint density at radius 2 is 1.90 bits per heavy atom. The van der Waals surface area contributed by atoms with Crippen molar-refractivity contribution in [3.8, 4) is 0 Å².